The molecular formula is C14H22N2O3S2. The fraction of sp³-hybridized carbons (Fsp3) is 0.571. The first-order valence-electron chi connectivity index (χ1n) is 6.99. The van der Waals surface area contributed by atoms with Crippen LogP contribution in [0.25, 0.3) is 0 Å². The number of nitrogens with one attached hydrogen (secondary N) is 1. The maximum Gasteiger partial charge on any atom is 0.212 e. The Morgan fingerprint density at radius 3 is 2.90 bits per heavy atom. The minimum atomic E-state index is -3.23. The van der Waals surface area contributed by atoms with Crippen molar-refractivity contribution in [1.82, 2.24) is 4.72 Å². The van der Waals surface area contributed by atoms with Crippen molar-refractivity contribution < 1.29 is 13.2 Å². The molecule has 0 heterocycles. The van der Waals surface area contributed by atoms with Crippen LogP contribution in [-0.4, -0.2) is 39.2 Å². The van der Waals surface area contributed by atoms with Crippen molar-refractivity contribution >= 4 is 27.5 Å². The molecule has 2 atom stereocenters. The molecule has 1 aromatic carbocycles. The number of anilines is 1. The van der Waals surface area contributed by atoms with Gasteiger partial charge in [-0.25, -0.2) is 13.1 Å². The molecule has 0 bridgehead atoms. The van der Waals surface area contributed by atoms with Crippen LogP contribution in [-0.2, 0) is 14.8 Å². The molecule has 0 amide bonds. The van der Waals surface area contributed by atoms with E-state index in [2.05, 4.69) is 4.72 Å². The Hall–Kier alpha value is -0.760. The first-order valence-corrected chi connectivity index (χ1v) is 9.63. The fourth-order valence-corrected chi connectivity index (χ4v) is 5.13. The Labute approximate surface area is 130 Å². The number of sulfonamides is 1. The molecule has 7 heteroatoms. The van der Waals surface area contributed by atoms with Gasteiger partial charge in [-0.05, 0) is 37.5 Å². The molecule has 0 spiro atoms. The first kappa shape index (κ1) is 16.6. The van der Waals surface area contributed by atoms with Gasteiger partial charge in [0.1, 0.15) is 0 Å². The summed E-state index contributed by atoms with van der Waals surface area (Å²) >= 11 is 1.50. The molecule has 0 saturated heterocycles. The van der Waals surface area contributed by atoms with Gasteiger partial charge in [-0.2, -0.15) is 0 Å². The first-order chi connectivity index (χ1) is 9.98. The number of hydrogen-bond acceptors (Lipinski definition) is 5. The molecule has 118 valence electrons. The standard InChI is InChI=1S/C14H22N2O3S2/c1-19-13-6-5-12(10-13)16-21(17,18)8-7-20-14-4-2-3-11(15)9-14/h2-4,9,12-13,16H,5-8,10,15H2,1H3. The van der Waals surface area contributed by atoms with Gasteiger partial charge in [-0.15, -0.1) is 11.8 Å². The Morgan fingerprint density at radius 2 is 2.24 bits per heavy atom. The lowest BCUT2D eigenvalue weighted by atomic mass is 10.3. The molecule has 0 aliphatic heterocycles. The summed E-state index contributed by atoms with van der Waals surface area (Å²) in [5, 5.41) is 0. The zero-order valence-corrected chi connectivity index (χ0v) is 13.8. The summed E-state index contributed by atoms with van der Waals surface area (Å²) in [5.74, 6) is 0.625. The monoisotopic (exact) mass is 330 g/mol. The van der Waals surface area contributed by atoms with Crippen LogP contribution in [0.3, 0.4) is 0 Å². The number of benzene rings is 1. The van der Waals surface area contributed by atoms with E-state index in [-0.39, 0.29) is 17.9 Å². The van der Waals surface area contributed by atoms with E-state index in [1.165, 1.54) is 11.8 Å². The van der Waals surface area contributed by atoms with Crippen LogP contribution in [0.2, 0.25) is 0 Å². The molecule has 0 aromatic heterocycles. The largest absolute Gasteiger partial charge is 0.399 e. The topological polar surface area (TPSA) is 81.4 Å². The van der Waals surface area contributed by atoms with Gasteiger partial charge in [0.2, 0.25) is 10.0 Å². The van der Waals surface area contributed by atoms with Crippen LogP contribution in [0.15, 0.2) is 29.2 Å². The van der Waals surface area contributed by atoms with Gasteiger partial charge in [0.15, 0.2) is 0 Å². The van der Waals surface area contributed by atoms with E-state index < -0.39 is 10.0 Å². The molecule has 1 saturated carbocycles. The lowest BCUT2D eigenvalue weighted by Gasteiger charge is -2.13. The van der Waals surface area contributed by atoms with Gasteiger partial charge in [0.25, 0.3) is 0 Å². The minimum absolute atomic E-state index is 0.0114. The highest BCUT2D eigenvalue weighted by Gasteiger charge is 2.27. The van der Waals surface area contributed by atoms with Crippen molar-refractivity contribution in [3.05, 3.63) is 24.3 Å². The van der Waals surface area contributed by atoms with Crippen molar-refractivity contribution in [3.8, 4) is 0 Å². The quantitative estimate of drug-likeness (QED) is 0.589. The third-order valence-corrected chi connectivity index (χ3v) is 6.23. The number of nitrogens with two attached hydrogens (primary N) is 1. The van der Waals surface area contributed by atoms with Crippen LogP contribution in [0.1, 0.15) is 19.3 Å². The second-order valence-electron chi connectivity index (χ2n) is 5.23. The Morgan fingerprint density at radius 1 is 1.43 bits per heavy atom. The van der Waals surface area contributed by atoms with Gasteiger partial charge in [-0.3, -0.25) is 0 Å². The SMILES string of the molecule is COC1CCC(NS(=O)(=O)CCSc2cccc(N)c2)C1. The molecule has 5 nitrogen and oxygen atoms in total. The zero-order valence-electron chi connectivity index (χ0n) is 12.1. The second kappa shape index (κ2) is 7.49. The molecule has 1 aromatic rings. The molecule has 1 aliphatic carbocycles. The number of ether oxygens (including phenoxy) is 1. The van der Waals surface area contributed by atoms with E-state index in [1.807, 2.05) is 24.3 Å². The highest BCUT2D eigenvalue weighted by Crippen LogP contribution is 2.23. The zero-order chi connectivity index (χ0) is 15.3. The summed E-state index contributed by atoms with van der Waals surface area (Å²) in [6, 6.07) is 7.48. The van der Waals surface area contributed by atoms with Crippen molar-refractivity contribution in [2.45, 2.75) is 36.3 Å². The lowest BCUT2D eigenvalue weighted by Crippen LogP contribution is -2.35. The van der Waals surface area contributed by atoms with E-state index in [4.69, 9.17) is 10.5 Å². The fourth-order valence-electron chi connectivity index (χ4n) is 2.45. The molecule has 2 rings (SSSR count). The molecule has 2 unspecified atom stereocenters. The van der Waals surface area contributed by atoms with Gasteiger partial charge in [0, 0.05) is 29.5 Å². The van der Waals surface area contributed by atoms with Crippen LogP contribution in [0, 0.1) is 0 Å². The van der Waals surface area contributed by atoms with Crippen molar-refractivity contribution in [3.63, 3.8) is 0 Å². The minimum Gasteiger partial charge on any atom is -0.399 e. The van der Waals surface area contributed by atoms with E-state index in [0.717, 1.165) is 24.2 Å². The van der Waals surface area contributed by atoms with Crippen molar-refractivity contribution in [1.29, 1.82) is 0 Å². The van der Waals surface area contributed by atoms with E-state index in [1.54, 1.807) is 7.11 Å². The van der Waals surface area contributed by atoms with Crippen molar-refractivity contribution in [2.24, 2.45) is 0 Å². The van der Waals surface area contributed by atoms with E-state index >= 15 is 0 Å². The predicted octanol–water partition coefficient (Wildman–Crippen LogP) is 1.85. The smallest absolute Gasteiger partial charge is 0.212 e. The maximum atomic E-state index is 12.0. The lowest BCUT2D eigenvalue weighted by molar-refractivity contribution is 0.107. The predicted molar refractivity (Wildman–Crippen MR) is 86.9 cm³/mol. The Bertz CT molecular complexity index is 563. The third-order valence-electron chi connectivity index (χ3n) is 3.54. The highest BCUT2D eigenvalue weighted by molar-refractivity contribution is 8.00. The van der Waals surface area contributed by atoms with Crippen LogP contribution >= 0.6 is 11.8 Å². The number of nitrogen functional groups attached to an aromatic ring is 1. The Kier molecular flexibility index (Phi) is 5.92. The molecule has 3 N–H and O–H groups in total. The average Bonchev–Trinajstić information content (AvgIpc) is 2.85. The average molecular weight is 330 g/mol. The third kappa shape index (κ3) is 5.50. The van der Waals surface area contributed by atoms with Gasteiger partial charge >= 0.3 is 0 Å². The van der Waals surface area contributed by atoms with E-state index in [0.29, 0.717) is 11.4 Å². The van der Waals surface area contributed by atoms with Crippen LogP contribution in [0.5, 0.6) is 0 Å². The number of hydrogen-bond donors (Lipinski definition) is 2. The number of rotatable bonds is 7. The number of methoxy groups -OCH3 is 1. The molecule has 21 heavy (non-hydrogen) atoms. The molecular weight excluding hydrogens is 308 g/mol. The normalized spacial score (nSPS) is 22.5. The summed E-state index contributed by atoms with van der Waals surface area (Å²) in [6.07, 6.45) is 2.71. The van der Waals surface area contributed by atoms with Gasteiger partial charge < -0.3 is 10.5 Å². The van der Waals surface area contributed by atoms with Gasteiger partial charge in [-0.1, -0.05) is 6.07 Å². The van der Waals surface area contributed by atoms with Gasteiger partial charge in [0.05, 0.1) is 11.9 Å². The summed E-state index contributed by atoms with van der Waals surface area (Å²) in [7, 11) is -1.56. The summed E-state index contributed by atoms with van der Waals surface area (Å²) in [4.78, 5) is 0.991. The summed E-state index contributed by atoms with van der Waals surface area (Å²) in [6.45, 7) is 0. The van der Waals surface area contributed by atoms with Crippen LogP contribution in [0.4, 0.5) is 5.69 Å². The van der Waals surface area contributed by atoms with Crippen LogP contribution < -0.4 is 10.5 Å². The highest BCUT2D eigenvalue weighted by atomic mass is 32.2. The number of thioether (sulfide) groups is 1. The maximum absolute atomic E-state index is 12.0. The molecule has 1 aliphatic rings. The Balaban J connectivity index is 1.76. The van der Waals surface area contributed by atoms with Crippen molar-refractivity contribution in [2.75, 3.05) is 24.3 Å². The summed E-state index contributed by atoms with van der Waals surface area (Å²) in [5.41, 5.74) is 6.39. The second-order valence-corrected chi connectivity index (χ2v) is 8.27. The molecule has 0 radical (unpaired) electrons. The summed E-state index contributed by atoms with van der Waals surface area (Å²) < 4.78 is 32.1. The molecule has 1 fully saturated rings. The van der Waals surface area contributed by atoms with E-state index in [9.17, 15) is 8.42 Å².